The molecular formula is C8H9NO3. The van der Waals surface area contributed by atoms with Gasteiger partial charge in [0.1, 0.15) is 5.76 Å². The summed E-state index contributed by atoms with van der Waals surface area (Å²) in [6, 6.07) is 0. The Labute approximate surface area is 69.2 Å². The maximum Gasteiger partial charge on any atom is 0.358 e. The molecule has 0 aliphatic heterocycles. The van der Waals surface area contributed by atoms with E-state index in [-0.39, 0.29) is 5.69 Å². The number of rotatable bonds is 2. The molecule has 0 spiro atoms. The second kappa shape index (κ2) is 2.62. The van der Waals surface area contributed by atoms with Gasteiger partial charge < -0.3 is 9.52 Å². The lowest BCUT2D eigenvalue weighted by molar-refractivity contribution is 0.0687. The molecule has 1 aromatic rings. The molecule has 0 amide bonds. The van der Waals surface area contributed by atoms with Gasteiger partial charge in [-0.25, -0.2) is 9.78 Å². The fourth-order valence-corrected chi connectivity index (χ4v) is 1.38. The molecule has 0 radical (unpaired) electrons. The summed E-state index contributed by atoms with van der Waals surface area (Å²) in [6.07, 6.45) is 4.41. The molecule has 4 nitrogen and oxygen atoms in total. The predicted molar refractivity (Wildman–Crippen MR) is 40.1 cm³/mol. The zero-order chi connectivity index (χ0) is 8.55. The Balaban J connectivity index is 2.29. The Morgan fingerprint density at radius 3 is 2.92 bits per heavy atom. The highest BCUT2D eigenvalue weighted by Gasteiger charge is 2.28. The molecule has 12 heavy (non-hydrogen) atoms. The molecule has 1 aromatic heterocycles. The van der Waals surface area contributed by atoms with Gasteiger partial charge in [0.25, 0.3) is 0 Å². The molecule has 1 heterocycles. The summed E-state index contributed by atoms with van der Waals surface area (Å²) in [6.45, 7) is 0. The van der Waals surface area contributed by atoms with Crippen LogP contribution >= 0.6 is 0 Å². The average Bonchev–Trinajstić information content (AvgIpc) is 2.31. The molecule has 0 unspecified atom stereocenters. The first-order chi connectivity index (χ1) is 5.79. The number of hydrogen-bond acceptors (Lipinski definition) is 3. The fraction of sp³-hybridized carbons (Fsp3) is 0.500. The van der Waals surface area contributed by atoms with Crippen molar-refractivity contribution >= 4 is 5.97 Å². The number of carboxylic acid groups (broad SMARTS) is 1. The third kappa shape index (κ3) is 0.995. The lowest BCUT2D eigenvalue weighted by Crippen LogP contribution is -2.12. The maximum atomic E-state index is 10.6. The monoisotopic (exact) mass is 167 g/mol. The third-order valence-electron chi connectivity index (χ3n) is 2.27. The van der Waals surface area contributed by atoms with Crippen molar-refractivity contribution in [3.63, 3.8) is 0 Å². The molecule has 1 aliphatic rings. The molecule has 0 bridgehead atoms. The number of nitrogens with zero attached hydrogens (tertiary/aromatic N) is 1. The van der Waals surface area contributed by atoms with Gasteiger partial charge in [-0.2, -0.15) is 0 Å². The van der Waals surface area contributed by atoms with Crippen molar-refractivity contribution in [1.29, 1.82) is 0 Å². The Bertz CT molecular complexity index is 301. The van der Waals surface area contributed by atoms with Crippen LogP contribution in [0.25, 0.3) is 0 Å². The second-order valence-electron chi connectivity index (χ2n) is 3.00. The minimum Gasteiger partial charge on any atom is -0.476 e. The lowest BCUT2D eigenvalue weighted by atomic mass is 9.83. The highest BCUT2D eigenvalue weighted by Crippen LogP contribution is 2.37. The molecular weight excluding hydrogens is 158 g/mol. The fourth-order valence-electron chi connectivity index (χ4n) is 1.38. The lowest BCUT2D eigenvalue weighted by Gasteiger charge is -2.22. The van der Waals surface area contributed by atoms with Gasteiger partial charge in [0.15, 0.2) is 12.1 Å². The minimum atomic E-state index is -0.995. The number of hydrogen-bond donors (Lipinski definition) is 1. The number of carbonyl (C=O) groups is 1. The Kier molecular flexibility index (Phi) is 1.60. The molecule has 0 aromatic carbocycles. The first kappa shape index (κ1) is 7.34. The van der Waals surface area contributed by atoms with E-state index in [1.807, 2.05) is 0 Å². The van der Waals surface area contributed by atoms with Gasteiger partial charge in [-0.1, -0.05) is 6.42 Å². The molecule has 0 saturated heterocycles. The molecule has 2 rings (SSSR count). The van der Waals surface area contributed by atoms with E-state index in [0.29, 0.717) is 11.7 Å². The van der Waals surface area contributed by atoms with Crippen molar-refractivity contribution in [2.45, 2.75) is 25.2 Å². The Morgan fingerprint density at radius 2 is 2.42 bits per heavy atom. The van der Waals surface area contributed by atoms with E-state index in [1.165, 1.54) is 6.39 Å². The molecule has 1 N–H and O–H groups in total. The van der Waals surface area contributed by atoms with Crippen LogP contribution in [0, 0.1) is 0 Å². The molecule has 0 atom stereocenters. The number of aromatic carboxylic acids is 1. The molecule has 1 saturated carbocycles. The van der Waals surface area contributed by atoms with E-state index in [2.05, 4.69) is 4.98 Å². The summed E-state index contributed by atoms with van der Waals surface area (Å²) in [5, 5.41) is 8.70. The van der Waals surface area contributed by atoms with Crippen molar-refractivity contribution in [2.24, 2.45) is 0 Å². The van der Waals surface area contributed by atoms with Crippen molar-refractivity contribution in [3.05, 3.63) is 17.8 Å². The Morgan fingerprint density at radius 1 is 1.67 bits per heavy atom. The third-order valence-corrected chi connectivity index (χ3v) is 2.27. The zero-order valence-electron chi connectivity index (χ0n) is 6.49. The standard InChI is InChI=1S/C8H9NO3/c10-8(11)6-7(12-4-9-6)5-2-1-3-5/h4-5H,1-3H2,(H,10,11). The predicted octanol–water partition coefficient (Wildman–Crippen LogP) is 1.64. The van der Waals surface area contributed by atoms with Crippen LogP contribution < -0.4 is 0 Å². The first-order valence-electron chi connectivity index (χ1n) is 3.95. The second-order valence-corrected chi connectivity index (χ2v) is 3.00. The van der Waals surface area contributed by atoms with Gasteiger partial charge in [0, 0.05) is 5.92 Å². The summed E-state index contributed by atoms with van der Waals surface area (Å²) < 4.78 is 5.04. The van der Waals surface area contributed by atoms with Gasteiger partial charge >= 0.3 is 5.97 Å². The first-order valence-corrected chi connectivity index (χ1v) is 3.95. The largest absolute Gasteiger partial charge is 0.476 e. The van der Waals surface area contributed by atoms with Crippen molar-refractivity contribution in [1.82, 2.24) is 4.98 Å². The topological polar surface area (TPSA) is 63.3 Å². The van der Waals surface area contributed by atoms with E-state index in [9.17, 15) is 4.79 Å². The van der Waals surface area contributed by atoms with Crippen molar-refractivity contribution < 1.29 is 14.3 Å². The van der Waals surface area contributed by atoms with Crippen molar-refractivity contribution in [3.8, 4) is 0 Å². The van der Waals surface area contributed by atoms with Gasteiger partial charge in [-0.15, -0.1) is 0 Å². The Hall–Kier alpha value is -1.32. The number of carboxylic acids is 1. The molecule has 1 aliphatic carbocycles. The quantitative estimate of drug-likeness (QED) is 0.727. The number of oxazole rings is 1. The smallest absolute Gasteiger partial charge is 0.358 e. The van der Waals surface area contributed by atoms with E-state index in [0.717, 1.165) is 19.3 Å². The van der Waals surface area contributed by atoms with Crippen LogP contribution in [-0.2, 0) is 0 Å². The van der Waals surface area contributed by atoms with Gasteiger partial charge in [0.2, 0.25) is 0 Å². The zero-order valence-corrected chi connectivity index (χ0v) is 6.49. The van der Waals surface area contributed by atoms with Crippen LogP contribution in [0.4, 0.5) is 0 Å². The van der Waals surface area contributed by atoms with Crippen LogP contribution in [0.2, 0.25) is 0 Å². The summed E-state index contributed by atoms with van der Waals surface area (Å²) in [7, 11) is 0. The van der Waals surface area contributed by atoms with Gasteiger partial charge in [-0.3, -0.25) is 0 Å². The maximum absolute atomic E-state index is 10.6. The SMILES string of the molecule is O=C(O)c1ncoc1C1CCC1. The molecule has 64 valence electrons. The molecule has 1 fully saturated rings. The highest BCUT2D eigenvalue weighted by molar-refractivity contribution is 5.86. The molecule has 4 heteroatoms. The summed E-state index contributed by atoms with van der Waals surface area (Å²) >= 11 is 0. The van der Waals surface area contributed by atoms with Crippen molar-refractivity contribution in [2.75, 3.05) is 0 Å². The van der Waals surface area contributed by atoms with Crippen LogP contribution in [0.3, 0.4) is 0 Å². The summed E-state index contributed by atoms with van der Waals surface area (Å²) in [5.74, 6) is -0.155. The van der Waals surface area contributed by atoms with Crippen LogP contribution in [0.1, 0.15) is 41.4 Å². The van der Waals surface area contributed by atoms with E-state index < -0.39 is 5.97 Å². The van der Waals surface area contributed by atoms with Crippen LogP contribution in [-0.4, -0.2) is 16.1 Å². The normalized spacial score (nSPS) is 17.3. The summed E-state index contributed by atoms with van der Waals surface area (Å²) in [4.78, 5) is 14.3. The van der Waals surface area contributed by atoms with E-state index in [4.69, 9.17) is 9.52 Å². The minimum absolute atomic E-state index is 0.0831. The summed E-state index contributed by atoms with van der Waals surface area (Å²) in [5.41, 5.74) is 0.0831. The van der Waals surface area contributed by atoms with Gasteiger partial charge in [-0.05, 0) is 12.8 Å². The van der Waals surface area contributed by atoms with Crippen LogP contribution in [0.15, 0.2) is 10.8 Å². The average molecular weight is 167 g/mol. The number of aromatic nitrogens is 1. The highest BCUT2D eigenvalue weighted by atomic mass is 16.4. The van der Waals surface area contributed by atoms with E-state index >= 15 is 0 Å². The van der Waals surface area contributed by atoms with Gasteiger partial charge in [0.05, 0.1) is 0 Å². The van der Waals surface area contributed by atoms with E-state index in [1.54, 1.807) is 0 Å². The van der Waals surface area contributed by atoms with Crippen LogP contribution in [0.5, 0.6) is 0 Å².